The zero-order chi connectivity index (χ0) is 20.9. The van der Waals surface area contributed by atoms with Crippen molar-refractivity contribution in [1.82, 2.24) is 35.1 Å². The van der Waals surface area contributed by atoms with Crippen LogP contribution in [0, 0.1) is 11.7 Å². The van der Waals surface area contributed by atoms with Crippen LogP contribution < -0.4 is 14.9 Å². The number of rotatable bonds is 8. The molecule has 2 heterocycles. The average Bonchev–Trinajstić information content (AvgIpc) is 3.35. The summed E-state index contributed by atoms with van der Waals surface area (Å²) in [7, 11) is 0. The Morgan fingerprint density at radius 1 is 1.13 bits per heavy atom. The first kappa shape index (κ1) is 19.6. The van der Waals surface area contributed by atoms with Gasteiger partial charge >= 0.3 is 6.01 Å². The Balaban J connectivity index is 1.56. The van der Waals surface area contributed by atoms with Gasteiger partial charge in [-0.15, -0.1) is 0 Å². The Hall–Kier alpha value is -3.73. The molecular weight excluding hydrogens is 404 g/mol. The van der Waals surface area contributed by atoms with Gasteiger partial charge in [-0.25, -0.2) is 4.68 Å². The standard InChI is InChI=1S/C19H20N8O2S/c1-3-28-17-11-14(12-20-26-13(2)21-23-19(26)30)9-10-16(17)29-18-22-24-25-27(18)15-7-5-4-6-8-15/h4-11,20H,3,12H2,1-2H3,(H,23,30). The quantitative estimate of drug-likeness (QED) is 0.415. The molecule has 0 fully saturated rings. The molecule has 0 amide bonds. The van der Waals surface area contributed by atoms with E-state index >= 15 is 0 Å². The van der Waals surface area contributed by atoms with Crippen molar-refractivity contribution in [3.05, 3.63) is 64.7 Å². The molecule has 0 bridgehead atoms. The van der Waals surface area contributed by atoms with Crippen molar-refractivity contribution in [2.24, 2.45) is 0 Å². The van der Waals surface area contributed by atoms with Crippen LogP contribution in [0.15, 0.2) is 48.5 Å². The molecule has 0 spiro atoms. The molecule has 2 aromatic heterocycles. The maximum absolute atomic E-state index is 5.98. The number of tetrazole rings is 1. The fourth-order valence-electron chi connectivity index (χ4n) is 2.82. The number of H-pyrrole nitrogens is 1. The Morgan fingerprint density at radius 3 is 2.70 bits per heavy atom. The summed E-state index contributed by atoms with van der Waals surface area (Å²) in [4.78, 5) is 0. The predicted molar refractivity (Wildman–Crippen MR) is 112 cm³/mol. The van der Waals surface area contributed by atoms with E-state index in [1.54, 1.807) is 4.68 Å². The van der Waals surface area contributed by atoms with E-state index < -0.39 is 0 Å². The summed E-state index contributed by atoms with van der Waals surface area (Å²) in [6.07, 6.45) is 0. The minimum Gasteiger partial charge on any atom is -0.490 e. The lowest BCUT2D eigenvalue weighted by molar-refractivity contribution is 0.315. The highest BCUT2D eigenvalue weighted by Crippen LogP contribution is 2.32. The highest BCUT2D eigenvalue weighted by Gasteiger charge is 2.14. The first-order valence-corrected chi connectivity index (χ1v) is 9.72. The molecular formula is C19H20N8O2S. The van der Waals surface area contributed by atoms with Crippen LogP contribution >= 0.6 is 12.2 Å². The molecule has 10 nitrogen and oxygen atoms in total. The number of benzene rings is 2. The number of aromatic nitrogens is 7. The fourth-order valence-corrected chi connectivity index (χ4v) is 3.06. The smallest absolute Gasteiger partial charge is 0.346 e. The van der Waals surface area contributed by atoms with Gasteiger partial charge in [-0.3, -0.25) is 5.10 Å². The number of aromatic amines is 1. The van der Waals surface area contributed by atoms with Gasteiger partial charge in [-0.05, 0) is 66.3 Å². The molecule has 0 aliphatic carbocycles. The van der Waals surface area contributed by atoms with Crippen LogP contribution in [-0.2, 0) is 6.54 Å². The third-order valence-electron chi connectivity index (χ3n) is 4.23. The van der Waals surface area contributed by atoms with Gasteiger partial charge in [0.15, 0.2) is 11.5 Å². The van der Waals surface area contributed by atoms with Crippen LogP contribution in [0.25, 0.3) is 5.69 Å². The maximum atomic E-state index is 5.98. The van der Waals surface area contributed by atoms with Gasteiger partial charge in [-0.1, -0.05) is 29.4 Å². The first-order chi connectivity index (χ1) is 14.7. The molecule has 4 aromatic rings. The van der Waals surface area contributed by atoms with Gasteiger partial charge in [0, 0.05) is 0 Å². The lowest BCUT2D eigenvalue weighted by atomic mass is 10.2. The van der Waals surface area contributed by atoms with Crippen LogP contribution in [0.5, 0.6) is 17.5 Å². The SMILES string of the molecule is CCOc1cc(CNn2c(C)n[nH]c2=S)ccc1Oc1nnnn1-c1ccccc1. The fraction of sp³-hybridized carbons (Fsp3) is 0.211. The normalized spacial score (nSPS) is 10.7. The highest BCUT2D eigenvalue weighted by molar-refractivity contribution is 7.71. The van der Waals surface area contributed by atoms with Crippen molar-refractivity contribution in [2.75, 3.05) is 12.0 Å². The van der Waals surface area contributed by atoms with Gasteiger partial charge in [-0.2, -0.15) is 9.78 Å². The van der Waals surface area contributed by atoms with Gasteiger partial charge < -0.3 is 14.9 Å². The van der Waals surface area contributed by atoms with E-state index in [9.17, 15) is 0 Å². The monoisotopic (exact) mass is 424 g/mol. The van der Waals surface area contributed by atoms with Crippen LogP contribution in [0.4, 0.5) is 0 Å². The van der Waals surface area contributed by atoms with Crippen molar-refractivity contribution in [1.29, 1.82) is 0 Å². The van der Waals surface area contributed by atoms with Crippen molar-refractivity contribution in [2.45, 2.75) is 20.4 Å². The maximum Gasteiger partial charge on any atom is 0.346 e. The van der Waals surface area contributed by atoms with E-state index in [-0.39, 0.29) is 6.01 Å². The molecule has 0 atom stereocenters. The Kier molecular flexibility index (Phi) is 5.70. The van der Waals surface area contributed by atoms with Gasteiger partial charge in [0.25, 0.3) is 0 Å². The summed E-state index contributed by atoms with van der Waals surface area (Å²) in [5, 5.41) is 18.6. The topological polar surface area (TPSA) is 108 Å². The molecule has 0 aliphatic rings. The predicted octanol–water partition coefficient (Wildman–Crippen LogP) is 3.16. The number of ether oxygens (including phenoxy) is 2. The minimum absolute atomic E-state index is 0.244. The molecule has 2 aromatic carbocycles. The zero-order valence-electron chi connectivity index (χ0n) is 16.4. The molecule has 0 radical (unpaired) electrons. The van der Waals surface area contributed by atoms with Gasteiger partial charge in [0.1, 0.15) is 5.82 Å². The van der Waals surface area contributed by atoms with Crippen LogP contribution in [0.2, 0.25) is 0 Å². The Labute approximate surface area is 177 Å². The number of nitrogens with zero attached hydrogens (tertiary/aromatic N) is 6. The summed E-state index contributed by atoms with van der Waals surface area (Å²) in [6.45, 7) is 4.79. The van der Waals surface area contributed by atoms with Crippen LogP contribution in [-0.4, -0.2) is 41.7 Å². The van der Waals surface area contributed by atoms with E-state index in [1.165, 1.54) is 4.68 Å². The number of nitrogens with one attached hydrogen (secondary N) is 2. The highest BCUT2D eigenvalue weighted by atomic mass is 32.1. The molecule has 30 heavy (non-hydrogen) atoms. The summed E-state index contributed by atoms with van der Waals surface area (Å²) in [5.74, 6) is 1.85. The van der Waals surface area contributed by atoms with Crippen molar-refractivity contribution < 1.29 is 9.47 Å². The van der Waals surface area contributed by atoms with E-state index in [2.05, 4.69) is 31.1 Å². The summed E-state index contributed by atoms with van der Waals surface area (Å²) in [6, 6.07) is 15.4. The molecule has 154 valence electrons. The van der Waals surface area contributed by atoms with Crippen molar-refractivity contribution >= 4 is 12.2 Å². The number of hydrogen-bond acceptors (Lipinski definition) is 8. The second-order valence-electron chi connectivity index (χ2n) is 6.27. The number of hydrogen-bond donors (Lipinski definition) is 2. The molecule has 0 unspecified atom stereocenters. The molecule has 0 aliphatic heterocycles. The third-order valence-corrected chi connectivity index (χ3v) is 4.51. The van der Waals surface area contributed by atoms with E-state index in [4.69, 9.17) is 21.7 Å². The number of aryl methyl sites for hydroxylation is 1. The average molecular weight is 424 g/mol. The van der Waals surface area contributed by atoms with Crippen LogP contribution in [0.3, 0.4) is 0 Å². The third kappa shape index (κ3) is 4.15. The molecule has 2 N–H and O–H groups in total. The van der Waals surface area contributed by atoms with Crippen molar-refractivity contribution in [3.8, 4) is 23.2 Å². The lowest BCUT2D eigenvalue weighted by Gasteiger charge is -2.14. The van der Waals surface area contributed by atoms with Gasteiger partial charge in [0.2, 0.25) is 4.77 Å². The van der Waals surface area contributed by atoms with E-state index in [1.807, 2.05) is 62.4 Å². The first-order valence-electron chi connectivity index (χ1n) is 9.31. The largest absolute Gasteiger partial charge is 0.490 e. The lowest BCUT2D eigenvalue weighted by Crippen LogP contribution is -2.16. The zero-order valence-corrected chi connectivity index (χ0v) is 17.3. The Morgan fingerprint density at radius 2 is 1.97 bits per heavy atom. The van der Waals surface area contributed by atoms with E-state index in [0.29, 0.717) is 29.4 Å². The Bertz CT molecular complexity index is 1180. The van der Waals surface area contributed by atoms with E-state index in [0.717, 1.165) is 17.1 Å². The minimum atomic E-state index is 0.244. The number of para-hydroxylation sites is 1. The van der Waals surface area contributed by atoms with Gasteiger partial charge in [0.05, 0.1) is 18.8 Å². The molecule has 11 heteroatoms. The molecule has 4 rings (SSSR count). The summed E-state index contributed by atoms with van der Waals surface area (Å²) >= 11 is 5.21. The second-order valence-corrected chi connectivity index (χ2v) is 6.66. The molecule has 0 saturated carbocycles. The summed E-state index contributed by atoms with van der Waals surface area (Å²) < 4.78 is 15.5. The van der Waals surface area contributed by atoms with Crippen LogP contribution in [0.1, 0.15) is 18.3 Å². The second kappa shape index (κ2) is 8.74. The summed E-state index contributed by atoms with van der Waals surface area (Å²) in [5.41, 5.74) is 5.01. The van der Waals surface area contributed by atoms with Crippen molar-refractivity contribution in [3.63, 3.8) is 0 Å². The molecule has 0 saturated heterocycles.